The number of likely N-dealkylation sites (N-methyl/N-ethyl adjacent to an activating group) is 1. The molecule has 0 radical (unpaired) electrons. The van der Waals surface area contributed by atoms with Gasteiger partial charge in [-0.05, 0) is 31.0 Å². The summed E-state index contributed by atoms with van der Waals surface area (Å²) < 4.78 is 5.82. The van der Waals surface area contributed by atoms with E-state index in [-0.39, 0.29) is 0 Å². The van der Waals surface area contributed by atoms with Gasteiger partial charge in [0.05, 0.1) is 6.07 Å². The zero-order chi connectivity index (χ0) is 13.6. The van der Waals surface area contributed by atoms with Gasteiger partial charge >= 0.3 is 0 Å². The third kappa shape index (κ3) is 3.75. The van der Waals surface area contributed by atoms with Gasteiger partial charge in [0.2, 0.25) is 0 Å². The number of para-hydroxylation sites is 1. The van der Waals surface area contributed by atoms with Crippen LogP contribution in [-0.2, 0) is 0 Å². The van der Waals surface area contributed by atoms with E-state index in [1.807, 2.05) is 32.0 Å². The molecule has 0 saturated carbocycles. The Morgan fingerprint density at radius 1 is 1.39 bits per heavy atom. The molecule has 0 aliphatic heterocycles. The van der Waals surface area contributed by atoms with Crippen molar-refractivity contribution in [1.82, 2.24) is 5.32 Å². The molecule has 0 aliphatic rings. The second-order valence-corrected chi connectivity index (χ2v) is 4.96. The number of rotatable bonds is 6. The summed E-state index contributed by atoms with van der Waals surface area (Å²) in [5.74, 6) is 1.28. The molecule has 0 aromatic heterocycles. The van der Waals surface area contributed by atoms with Crippen molar-refractivity contribution in [3.63, 3.8) is 0 Å². The van der Waals surface area contributed by atoms with Gasteiger partial charge in [0.25, 0.3) is 0 Å². The van der Waals surface area contributed by atoms with Crippen molar-refractivity contribution >= 4 is 0 Å². The van der Waals surface area contributed by atoms with Gasteiger partial charge in [-0.2, -0.15) is 5.26 Å². The first-order chi connectivity index (χ1) is 8.52. The maximum absolute atomic E-state index is 9.18. The lowest BCUT2D eigenvalue weighted by atomic mass is 10.0. The predicted molar refractivity (Wildman–Crippen MR) is 73.7 cm³/mol. The average Bonchev–Trinajstić information content (AvgIpc) is 2.37. The van der Waals surface area contributed by atoms with Gasteiger partial charge in [-0.25, -0.2) is 0 Å². The van der Waals surface area contributed by atoms with Crippen molar-refractivity contribution in [1.29, 1.82) is 5.26 Å². The van der Waals surface area contributed by atoms with Crippen molar-refractivity contribution < 1.29 is 4.74 Å². The summed E-state index contributed by atoms with van der Waals surface area (Å²) in [6.45, 7) is 9.21. The Morgan fingerprint density at radius 3 is 2.61 bits per heavy atom. The molecule has 98 valence electrons. The van der Waals surface area contributed by atoms with Crippen molar-refractivity contribution in [2.75, 3.05) is 13.2 Å². The van der Waals surface area contributed by atoms with Crippen LogP contribution in [0.1, 0.15) is 39.2 Å². The van der Waals surface area contributed by atoms with E-state index in [4.69, 9.17) is 4.74 Å². The standard InChI is InChI=1S/C15H22N2O/c1-5-17-15(4,10-16)11-18-14-9-7-6-8-13(14)12(2)3/h6-9,12,17H,5,11H2,1-4H3. The zero-order valence-electron chi connectivity index (χ0n) is 11.7. The van der Waals surface area contributed by atoms with Gasteiger partial charge in [-0.15, -0.1) is 0 Å². The molecular formula is C15H22N2O. The molecule has 1 unspecified atom stereocenters. The van der Waals surface area contributed by atoms with Crippen LogP contribution in [0.2, 0.25) is 0 Å². The quantitative estimate of drug-likeness (QED) is 0.839. The average molecular weight is 246 g/mol. The minimum Gasteiger partial charge on any atom is -0.490 e. The second kappa shape index (κ2) is 6.42. The maximum atomic E-state index is 9.18. The summed E-state index contributed by atoms with van der Waals surface area (Å²) in [5, 5.41) is 12.3. The smallest absolute Gasteiger partial charge is 0.138 e. The van der Waals surface area contributed by atoms with Crippen LogP contribution in [0.25, 0.3) is 0 Å². The molecule has 3 nitrogen and oxygen atoms in total. The summed E-state index contributed by atoms with van der Waals surface area (Å²) in [7, 11) is 0. The molecule has 0 fully saturated rings. The number of hydrogen-bond donors (Lipinski definition) is 1. The van der Waals surface area contributed by atoms with Gasteiger partial charge < -0.3 is 4.74 Å². The largest absolute Gasteiger partial charge is 0.490 e. The first kappa shape index (κ1) is 14.5. The molecule has 0 amide bonds. The lowest BCUT2D eigenvalue weighted by Gasteiger charge is -2.24. The summed E-state index contributed by atoms with van der Waals surface area (Å²) in [6.07, 6.45) is 0. The van der Waals surface area contributed by atoms with Crippen LogP contribution in [-0.4, -0.2) is 18.7 Å². The first-order valence-corrected chi connectivity index (χ1v) is 6.40. The van der Waals surface area contributed by atoms with Crippen molar-refractivity contribution in [3.05, 3.63) is 29.8 Å². The number of benzene rings is 1. The monoisotopic (exact) mass is 246 g/mol. The number of nitrogens with zero attached hydrogens (tertiary/aromatic N) is 1. The van der Waals surface area contributed by atoms with Crippen LogP contribution in [0, 0.1) is 11.3 Å². The molecule has 1 N–H and O–H groups in total. The van der Waals surface area contributed by atoms with E-state index >= 15 is 0 Å². The van der Waals surface area contributed by atoms with Gasteiger partial charge in [0.15, 0.2) is 0 Å². The Hall–Kier alpha value is -1.53. The minimum absolute atomic E-state index is 0.348. The van der Waals surface area contributed by atoms with Gasteiger partial charge in [-0.1, -0.05) is 39.0 Å². The van der Waals surface area contributed by atoms with Crippen LogP contribution in [0.3, 0.4) is 0 Å². The van der Waals surface area contributed by atoms with Gasteiger partial charge in [-0.3, -0.25) is 5.32 Å². The molecule has 1 rings (SSSR count). The fourth-order valence-corrected chi connectivity index (χ4v) is 1.82. The fraction of sp³-hybridized carbons (Fsp3) is 0.533. The SMILES string of the molecule is CCNC(C)(C#N)COc1ccccc1C(C)C. The lowest BCUT2D eigenvalue weighted by molar-refractivity contribution is 0.234. The molecule has 1 aromatic carbocycles. The molecule has 3 heteroatoms. The molecule has 18 heavy (non-hydrogen) atoms. The highest BCUT2D eigenvalue weighted by Crippen LogP contribution is 2.26. The maximum Gasteiger partial charge on any atom is 0.138 e. The van der Waals surface area contributed by atoms with Gasteiger partial charge in [0, 0.05) is 0 Å². The van der Waals surface area contributed by atoms with Crippen molar-refractivity contribution in [3.8, 4) is 11.8 Å². The molecule has 1 atom stereocenters. The third-order valence-electron chi connectivity index (χ3n) is 2.87. The molecular weight excluding hydrogens is 224 g/mol. The normalized spacial score (nSPS) is 14.0. The fourth-order valence-electron chi connectivity index (χ4n) is 1.82. The molecule has 0 spiro atoms. The van der Waals surface area contributed by atoms with Crippen molar-refractivity contribution in [2.24, 2.45) is 0 Å². The van der Waals surface area contributed by atoms with Crippen LogP contribution >= 0.6 is 0 Å². The number of hydrogen-bond acceptors (Lipinski definition) is 3. The molecule has 0 heterocycles. The summed E-state index contributed by atoms with van der Waals surface area (Å²) in [5.41, 5.74) is 0.535. The van der Waals surface area contributed by atoms with E-state index in [0.29, 0.717) is 12.5 Å². The van der Waals surface area contributed by atoms with Crippen molar-refractivity contribution in [2.45, 2.75) is 39.2 Å². The topological polar surface area (TPSA) is 45.0 Å². The minimum atomic E-state index is -0.640. The van der Waals surface area contributed by atoms with E-state index < -0.39 is 5.54 Å². The Bertz CT molecular complexity index is 423. The summed E-state index contributed by atoms with van der Waals surface area (Å²) in [4.78, 5) is 0. The Balaban J connectivity index is 2.77. The Kier molecular flexibility index (Phi) is 5.18. The zero-order valence-corrected chi connectivity index (χ0v) is 11.7. The molecule has 1 aromatic rings. The lowest BCUT2D eigenvalue weighted by Crippen LogP contribution is -2.46. The predicted octanol–water partition coefficient (Wildman–Crippen LogP) is 3.08. The third-order valence-corrected chi connectivity index (χ3v) is 2.87. The van der Waals surface area contributed by atoms with Gasteiger partial charge in [0.1, 0.15) is 17.9 Å². The van der Waals surface area contributed by atoms with E-state index in [2.05, 4.69) is 31.3 Å². The number of ether oxygens (including phenoxy) is 1. The number of nitrogens with one attached hydrogen (secondary N) is 1. The number of nitriles is 1. The van der Waals surface area contributed by atoms with Crippen LogP contribution in [0.4, 0.5) is 0 Å². The molecule has 0 saturated heterocycles. The Morgan fingerprint density at radius 2 is 2.06 bits per heavy atom. The van der Waals surface area contributed by atoms with E-state index in [9.17, 15) is 5.26 Å². The van der Waals surface area contributed by atoms with Crippen LogP contribution in [0.15, 0.2) is 24.3 Å². The summed E-state index contributed by atoms with van der Waals surface area (Å²) in [6, 6.07) is 10.3. The summed E-state index contributed by atoms with van der Waals surface area (Å²) >= 11 is 0. The van der Waals surface area contributed by atoms with E-state index in [1.54, 1.807) is 0 Å². The highest BCUT2D eigenvalue weighted by Gasteiger charge is 2.23. The van der Waals surface area contributed by atoms with E-state index in [0.717, 1.165) is 12.3 Å². The van der Waals surface area contributed by atoms with Crippen LogP contribution in [0.5, 0.6) is 5.75 Å². The first-order valence-electron chi connectivity index (χ1n) is 6.40. The highest BCUT2D eigenvalue weighted by molar-refractivity contribution is 5.35. The highest BCUT2D eigenvalue weighted by atomic mass is 16.5. The molecule has 0 aliphatic carbocycles. The van der Waals surface area contributed by atoms with Crippen LogP contribution < -0.4 is 10.1 Å². The Labute approximate surface area is 110 Å². The second-order valence-electron chi connectivity index (χ2n) is 4.96. The van der Waals surface area contributed by atoms with E-state index in [1.165, 1.54) is 5.56 Å². The molecule has 0 bridgehead atoms.